The fourth-order valence-corrected chi connectivity index (χ4v) is 1.03. The maximum absolute atomic E-state index is 5.51. The summed E-state index contributed by atoms with van der Waals surface area (Å²) in [6.07, 6.45) is 2.35. The van der Waals surface area contributed by atoms with E-state index in [-0.39, 0.29) is 5.41 Å². The predicted octanol–water partition coefficient (Wildman–Crippen LogP) is 2.48. The summed E-state index contributed by atoms with van der Waals surface area (Å²) in [5.74, 6) is 0. The van der Waals surface area contributed by atoms with Crippen LogP contribution in [0.1, 0.15) is 33.6 Å². The van der Waals surface area contributed by atoms with Crippen molar-refractivity contribution in [1.29, 1.82) is 0 Å². The first kappa shape index (κ1) is 11.9. The Morgan fingerprint density at radius 3 is 2.33 bits per heavy atom. The molecule has 0 aliphatic rings. The Bertz CT molecular complexity index is 100. The highest BCUT2D eigenvalue weighted by Crippen LogP contribution is 2.15. The summed E-state index contributed by atoms with van der Waals surface area (Å²) in [6.45, 7) is 8.91. The molecule has 0 aliphatic carbocycles. The monoisotopic (exact) mass is 174 g/mol. The molecule has 12 heavy (non-hydrogen) atoms. The summed E-state index contributed by atoms with van der Waals surface area (Å²) in [6, 6.07) is 0. The molecular formula is C10H22O2. The summed E-state index contributed by atoms with van der Waals surface area (Å²) in [5, 5.41) is 0. The third-order valence-electron chi connectivity index (χ3n) is 1.67. The number of hydrogen-bond acceptors (Lipinski definition) is 2. The van der Waals surface area contributed by atoms with E-state index in [2.05, 4.69) is 20.8 Å². The molecule has 0 aromatic carbocycles. The van der Waals surface area contributed by atoms with Crippen LogP contribution in [0.4, 0.5) is 0 Å². The van der Waals surface area contributed by atoms with E-state index in [0.29, 0.717) is 0 Å². The third kappa shape index (κ3) is 6.62. The highest BCUT2D eigenvalue weighted by Gasteiger charge is 2.17. The number of methoxy groups -OCH3 is 1. The average molecular weight is 174 g/mol. The molecule has 0 saturated carbocycles. The van der Waals surface area contributed by atoms with Crippen LogP contribution in [0, 0.1) is 5.41 Å². The molecule has 74 valence electrons. The molecule has 0 aromatic heterocycles. The molecular weight excluding hydrogens is 152 g/mol. The van der Waals surface area contributed by atoms with Crippen molar-refractivity contribution in [2.75, 3.05) is 26.9 Å². The van der Waals surface area contributed by atoms with Crippen LogP contribution in [-0.2, 0) is 9.47 Å². The van der Waals surface area contributed by atoms with E-state index in [4.69, 9.17) is 9.47 Å². The normalized spacial score (nSPS) is 12.0. The number of unbranched alkanes of at least 4 members (excludes halogenated alkanes) is 1. The quantitative estimate of drug-likeness (QED) is 0.552. The van der Waals surface area contributed by atoms with E-state index in [1.54, 1.807) is 7.11 Å². The van der Waals surface area contributed by atoms with Crippen molar-refractivity contribution < 1.29 is 9.47 Å². The van der Waals surface area contributed by atoms with Crippen molar-refractivity contribution >= 4 is 0 Å². The van der Waals surface area contributed by atoms with Crippen LogP contribution >= 0.6 is 0 Å². The standard InChI is InChI=1S/C10H22O2/c1-5-6-7-12-9-10(2,3)8-11-4/h5-9H2,1-4H3. The Kier molecular flexibility index (Phi) is 6.39. The van der Waals surface area contributed by atoms with Gasteiger partial charge < -0.3 is 9.47 Å². The van der Waals surface area contributed by atoms with Gasteiger partial charge in [-0.15, -0.1) is 0 Å². The molecule has 0 aromatic rings. The van der Waals surface area contributed by atoms with Crippen LogP contribution in [0.5, 0.6) is 0 Å². The fraction of sp³-hybridized carbons (Fsp3) is 1.00. The fourth-order valence-electron chi connectivity index (χ4n) is 1.03. The second-order valence-corrected chi connectivity index (χ2v) is 4.00. The molecule has 0 amide bonds. The highest BCUT2D eigenvalue weighted by atomic mass is 16.5. The second kappa shape index (κ2) is 6.44. The molecule has 0 heterocycles. The van der Waals surface area contributed by atoms with E-state index in [0.717, 1.165) is 26.2 Å². The second-order valence-electron chi connectivity index (χ2n) is 4.00. The van der Waals surface area contributed by atoms with Crippen molar-refractivity contribution in [3.63, 3.8) is 0 Å². The van der Waals surface area contributed by atoms with Gasteiger partial charge in [-0.3, -0.25) is 0 Å². The molecule has 2 heteroatoms. The zero-order valence-electron chi connectivity index (χ0n) is 8.85. The van der Waals surface area contributed by atoms with Crippen LogP contribution in [-0.4, -0.2) is 26.9 Å². The summed E-state index contributed by atoms with van der Waals surface area (Å²) < 4.78 is 10.6. The Hall–Kier alpha value is -0.0800. The lowest BCUT2D eigenvalue weighted by Gasteiger charge is -2.23. The molecule has 0 bridgehead atoms. The molecule has 0 unspecified atom stereocenters. The Morgan fingerprint density at radius 1 is 1.17 bits per heavy atom. The van der Waals surface area contributed by atoms with Gasteiger partial charge in [0.1, 0.15) is 0 Å². The lowest BCUT2D eigenvalue weighted by atomic mass is 9.96. The van der Waals surface area contributed by atoms with Gasteiger partial charge in [0.2, 0.25) is 0 Å². The first-order valence-corrected chi connectivity index (χ1v) is 4.69. The van der Waals surface area contributed by atoms with E-state index in [1.165, 1.54) is 6.42 Å². The molecule has 0 saturated heterocycles. The van der Waals surface area contributed by atoms with Crippen molar-refractivity contribution in [3.8, 4) is 0 Å². The topological polar surface area (TPSA) is 18.5 Å². The van der Waals surface area contributed by atoms with Gasteiger partial charge in [-0.1, -0.05) is 27.2 Å². The van der Waals surface area contributed by atoms with Crippen LogP contribution < -0.4 is 0 Å². The van der Waals surface area contributed by atoms with Gasteiger partial charge >= 0.3 is 0 Å². The zero-order valence-corrected chi connectivity index (χ0v) is 8.85. The molecule has 0 atom stereocenters. The van der Waals surface area contributed by atoms with Crippen molar-refractivity contribution in [2.45, 2.75) is 33.6 Å². The molecule has 0 fully saturated rings. The van der Waals surface area contributed by atoms with Crippen LogP contribution in [0.2, 0.25) is 0 Å². The maximum atomic E-state index is 5.51. The highest BCUT2D eigenvalue weighted by molar-refractivity contribution is 4.66. The number of hydrogen-bond donors (Lipinski definition) is 0. The first-order valence-electron chi connectivity index (χ1n) is 4.69. The Labute approximate surface area is 76.3 Å². The van der Waals surface area contributed by atoms with Gasteiger partial charge in [0.15, 0.2) is 0 Å². The lowest BCUT2D eigenvalue weighted by molar-refractivity contribution is 0.0119. The molecule has 0 rings (SSSR count). The summed E-state index contributed by atoms with van der Waals surface area (Å²) in [7, 11) is 1.73. The summed E-state index contributed by atoms with van der Waals surface area (Å²) in [4.78, 5) is 0. The van der Waals surface area contributed by atoms with Crippen molar-refractivity contribution in [3.05, 3.63) is 0 Å². The largest absolute Gasteiger partial charge is 0.384 e. The lowest BCUT2D eigenvalue weighted by Crippen LogP contribution is -2.25. The van der Waals surface area contributed by atoms with E-state index in [9.17, 15) is 0 Å². The van der Waals surface area contributed by atoms with Crippen molar-refractivity contribution in [2.24, 2.45) is 5.41 Å². The first-order chi connectivity index (χ1) is 5.62. The molecule has 0 N–H and O–H groups in total. The van der Waals surface area contributed by atoms with Gasteiger partial charge in [-0.05, 0) is 6.42 Å². The maximum Gasteiger partial charge on any atom is 0.0539 e. The van der Waals surface area contributed by atoms with Crippen LogP contribution in [0.15, 0.2) is 0 Å². The van der Waals surface area contributed by atoms with Crippen LogP contribution in [0.3, 0.4) is 0 Å². The number of ether oxygens (including phenoxy) is 2. The van der Waals surface area contributed by atoms with E-state index < -0.39 is 0 Å². The van der Waals surface area contributed by atoms with Gasteiger partial charge in [0, 0.05) is 19.1 Å². The number of rotatable bonds is 7. The predicted molar refractivity (Wildman–Crippen MR) is 51.4 cm³/mol. The van der Waals surface area contributed by atoms with Gasteiger partial charge in [0.25, 0.3) is 0 Å². The SMILES string of the molecule is CCCCOCC(C)(C)COC. The smallest absolute Gasteiger partial charge is 0.0539 e. The van der Waals surface area contributed by atoms with Gasteiger partial charge in [-0.25, -0.2) is 0 Å². The van der Waals surface area contributed by atoms with E-state index in [1.807, 2.05) is 0 Å². The Balaban J connectivity index is 3.33. The molecule has 0 radical (unpaired) electrons. The minimum Gasteiger partial charge on any atom is -0.384 e. The molecule has 2 nitrogen and oxygen atoms in total. The van der Waals surface area contributed by atoms with Gasteiger partial charge in [-0.2, -0.15) is 0 Å². The van der Waals surface area contributed by atoms with Gasteiger partial charge in [0.05, 0.1) is 13.2 Å². The van der Waals surface area contributed by atoms with Crippen molar-refractivity contribution in [1.82, 2.24) is 0 Å². The Morgan fingerprint density at radius 2 is 1.83 bits per heavy atom. The van der Waals surface area contributed by atoms with E-state index >= 15 is 0 Å². The molecule has 0 spiro atoms. The third-order valence-corrected chi connectivity index (χ3v) is 1.67. The summed E-state index contributed by atoms with van der Waals surface area (Å²) >= 11 is 0. The zero-order chi connectivity index (χ0) is 9.45. The summed E-state index contributed by atoms with van der Waals surface area (Å²) in [5.41, 5.74) is 0.155. The van der Waals surface area contributed by atoms with Crippen LogP contribution in [0.25, 0.3) is 0 Å². The average Bonchev–Trinajstić information content (AvgIpc) is 1.98. The molecule has 0 aliphatic heterocycles. The minimum atomic E-state index is 0.155. The minimum absolute atomic E-state index is 0.155.